The fourth-order valence-electron chi connectivity index (χ4n) is 4.30. The number of rotatable bonds is 12. The van der Waals surface area contributed by atoms with E-state index in [0.717, 1.165) is 28.0 Å². The summed E-state index contributed by atoms with van der Waals surface area (Å²) in [6, 6.07) is 37.2. The van der Waals surface area contributed by atoms with Crippen molar-refractivity contribution in [1.29, 1.82) is 0 Å². The van der Waals surface area contributed by atoms with Gasteiger partial charge >= 0.3 is 5.97 Å². The first-order valence-electron chi connectivity index (χ1n) is 13.1. The van der Waals surface area contributed by atoms with Crippen molar-refractivity contribution >= 4 is 11.5 Å². The summed E-state index contributed by atoms with van der Waals surface area (Å²) in [7, 11) is 0. The Morgan fingerprint density at radius 1 is 0.711 bits per heavy atom. The fourth-order valence-corrected chi connectivity index (χ4v) is 4.30. The first kappa shape index (κ1) is 26.9. The van der Waals surface area contributed by atoms with Crippen molar-refractivity contribution in [3.63, 3.8) is 0 Å². The smallest absolute Gasteiger partial charge is 0.335 e. The van der Waals surface area contributed by atoms with E-state index in [0.29, 0.717) is 26.2 Å². The van der Waals surface area contributed by atoms with Gasteiger partial charge in [0, 0.05) is 13.0 Å². The van der Waals surface area contributed by atoms with Gasteiger partial charge in [0.25, 0.3) is 0 Å². The predicted octanol–water partition coefficient (Wildman–Crippen LogP) is 7.38. The zero-order valence-corrected chi connectivity index (χ0v) is 22.0. The molecule has 4 aromatic carbocycles. The third-order valence-electron chi connectivity index (χ3n) is 6.19. The molecule has 0 N–H and O–H groups in total. The van der Waals surface area contributed by atoms with E-state index in [4.69, 9.17) is 14.2 Å². The van der Waals surface area contributed by atoms with Gasteiger partial charge in [-0.1, -0.05) is 97.1 Å². The van der Waals surface area contributed by atoms with E-state index in [1.807, 2.05) is 55.5 Å². The van der Waals surface area contributed by atoms with E-state index < -0.39 is 6.10 Å². The normalized spacial score (nSPS) is 12.1. The van der Waals surface area contributed by atoms with Crippen LogP contribution in [0, 0.1) is 0 Å². The number of carbonyl (C=O) groups is 1. The van der Waals surface area contributed by atoms with Crippen LogP contribution in [0.1, 0.15) is 30.5 Å². The second kappa shape index (κ2) is 14.0. The Morgan fingerprint density at radius 2 is 1.32 bits per heavy atom. The zero-order valence-electron chi connectivity index (χ0n) is 22.0. The summed E-state index contributed by atoms with van der Waals surface area (Å²) in [6.45, 7) is 4.89. The molecule has 0 fully saturated rings. The molecule has 0 radical (unpaired) electrons. The van der Waals surface area contributed by atoms with Gasteiger partial charge in [-0.05, 0) is 65.4 Å². The number of ether oxygens (including phenoxy) is 3. The minimum Gasteiger partial charge on any atom is -0.490 e. The van der Waals surface area contributed by atoms with Crippen LogP contribution in [0.2, 0.25) is 0 Å². The topological polar surface area (TPSA) is 44.8 Å². The van der Waals surface area contributed by atoms with Crippen molar-refractivity contribution in [2.45, 2.75) is 26.4 Å². The highest BCUT2D eigenvalue weighted by Gasteiger charge is 2.20. The summed E-state index contributed by atoms with van der Waals surface area (Å²) in [5.74, 6) is 0.436. The standard InChI is InChI=1S/C34H34O4/c1-3-36-33(34(35)37-4-2)25-26-15-21-31(22-16-26)38-24-23-32(29-13-9-6-10-14-29)30-19-17-28(18-20-30)27-11-7-5-8-12-27/h5-23,33H,3-4,24-25H2,1-2H3/b32-23-/t33-/m0/s1. The summed E-state index contributed by atoms with van der Waals surface area (Å²) in [6.07, 6.45) is 1.98. The molecule has 0 aliphatic carbocycles. The van der Waals surface area contributed by atoms with Gasteiger partial charge in [0.2, 0.25) is 0 Å². The molecule has 4 nitrogen and oxygen atoms in total. The lowest BCUT2D eigenvalue weighted by molar-refractivity contribution is -0.156. The van der Waals surface area contributed by atoms with E-state index in [1.165, 1.54) is 11.1 Å². The third kappa shape index (κ3) is 7.44. The Labute approximate surface area is 225 Å². The third-order valence-corrected chi connectivity index (χ3v) is 6.19. The minimum atomic E-state index is -0.601. The highest BCUT2D eigenvalue weighted by molar-refractivity contribution is 5.81. The van der Waals surface area contributed by atoms with Crippen molar-refractivity contribution in [2.75, 3.05) is 19.8 Å². The molecule has 194 valence electrons. The quantitative estimate of drug-likeness (QED) is 0.188. The van der Waals surface area contributed by atoms with Gasteiger partial charge in [-0.3, -0.25) is 0 Å². The maximum absolute atomic E-state index is 12.2. The van der Waals surface area contributed by atoms with Crippen LogP contribution in [0.5, 0.6) is 5.75 Å². The summed E-state index contributed by atoms with van der Waals surface area (Å²) in [5.41, 5.74) is 6.77. The summed E-state index contributed by atoms with van der Waals surface area (Å²) in [4.78, 5) is 12.2. The van der Waals surface area contributed by atoms with Crippen LogP contribution in [0.3, 0.4) is 0 Å². The number of hydrogen-bond donors (Lipinski definition) is 0. The second-order valence-electron chi connectivity index (χ2n) is 8.78. The molecular formula is C34H34O4. The number of esters is 1. The second-order valence-corrected chi connectivity index (χ2v) is 8.78. The molecule has 4 aromatic rings. The Morgan fingerprint density at radius 3 is 1.95 bits per heavy atom. The lowest BCUT2D eigenvalue weighted by Crippen LogP contribution is -2.28. The van der Waals surface area contributed by atoms with Gasteiger partial charge < -0.3 is 14.2 Å². The van der Waals surface area contributed by atoms with Crippen molar-refractivity contribution < 1.29 is 19.0 Å². The molecule has 0 aromatic heterocycles. The van der Waals surface area contributed by atoms with Crippen LogP contribution >= 0.6 is 0 Å². The maximum atomic E-state index is 12.2. The van der Waals surface area contributed by atoms with Crippen LogP contribution in [0.4, 0.5) is 0 Å². The van der Waals surface area contributed by atoms with Crippen LogP contribution in [-0.4, -0.2) is 31.9 Å². The summed E-state index contributed by atoms with van der Waals surface area (Å²) < 4.78 is 16.8. The molecule has 1 atom stereocenters. The number of benzene rings is 4. The molecule has 0 heterocycles. The van der Waals surface area contributed by atoms with E-state index >= 15 is 0 Å². The predicted molar refractivity (Wildman–Crippen MR) is 153 cm³/mol. The molecule has 0 aliphatic rings. The fraction of sp³-hybridized carbons (Fsp3) is 0.206. The average Bonchev–Trinajstić information content (AvgIpc) is 2.97. The summed E-state index contributed by atoms with van der Waals surface area (Å²) >= 11 is 0. The van der Waals surface area contributed by atoms with E-state index in [-0.39, 0.29) is 5.97 Å². The van der Waals surface area contributed by atoms with Crippen LogP contribution in [0.15, 0.2) is 115 Å². The lowest BCUT2D eigenvalue weighted by Gasteiger charge is -2.16. The number of carbonyl (C=O) groups excluding carboxylic acids is 1. The molecule has 0 saturated heterocycles. The molecule has 0 saturated carbocycles. The zero-order chi connectivity index (χ0) is 26.6. The minimum absolute atomic E-state index is 0.329. The van der Waals surface area contributed by atoms with Crippen LogP contribution in [0.25, 0.3) is 16.7 Å². The van der Waals surface area contributed by atoms with Crippen molar-refractivity contribution in [3.05, 3.63) is 132 Å². The van der Waals surface area contributed by atoms with Crippen molar-refractivity contribution in [1.82, 2.24) is 0 Å². The first-order chi connectivity index (χ1) is 18.7. The van der Waals surface area contributed by atoms with E-state index in [9.17, 15) is 4.79 Å². The Kier molecular flexibility index (Phi) is 9.89. The first-order valence-corrected chi connectivity index (χ1v) is 13.1. The SMILES string of the molecule is CCOC(=O)[C@H](Cc1ccc(OC/C=C(/c2ccccc2)c2ccc(-c3ccccc3)cc2)cc1)OCC. The monoisotopic (exact) mass is 506 g/mol. The largest absolute Gasteiger partial charge is 0.490 e. The van der Waals surface area contributed by atoms with Gasteiger partial charge in [-0.15, -0.1) is 0 Å². The highest BCUT2D eigenvalue weighted by Crippen LogP contribution is 2.27. The van der Waals surface area contributed by atoms with Gasteiger partial charge in [0.15, 0.2) is 6.10 Å². The maximum Gasteiger partial charge on any atom is 0.335 e. The lowest BCUT2D eigenvalue weighted by atomic mass is 9.95. The van der Waals surface area contributed by atoms with Crippen molar-refractivity contribution in [3.8, 4) is 16.9 Å². The molecule has 0 spiro atoms. The Hall–Kier alpha value is -4.15. The van der Waals surface area contributed by atoms with Gasteiger partial charge in [0.1, 0.15) is 12.4 Å². The molecule has 4 rings (SSSR count). The average molecular weight is 507 g/mol. The molecule has 0 aliphatic heterocycles. The number of hydrogen-bond acceptors (Lipinski definition) is 4. The van der Waals surface area contributed by atoms with Gasteiger partial charge in [-0.25, -0.2) is 4.79 Å². The molecule has 0 unspecified atom stereocenters. The van der Waals surface area contributed by atoms with Crippen LogP contribution < -0.4 is 4.74 Å². The molecule has 0 amide bonds. The molecule has 0 bridgehead atoms. The van der Waals surface area contributed by atoms with E-state index in [2.05, 4.69) is 66.7 Å². The Bertz CT molecular complexity index is 1290. The molecular weight excluding hydrogens is 472 g/mol. The van der Waals surface area contributed by atoms with Crippen LogP contribution in [-0.2, 0) is 20.7 Å². The highest BCUT2D eigenvalue weighted by atomic mass is 16.6. The van der Waals surface area contributed by atoms with Crippen molar-refractivity contribution in [2.24, 2.45) is 0 Å². The van der Waals surface area contributed by atoms with E-state index in [1.54, 1.807) is 6.92 Å². The van der Waals surface area contributed by atoms with Gasteiger partial charge in [0.05, 0.1) is 6.61 Å². The molecule has 38 heavy (non-hydrogen) atoms. The van der Waals surface area contributed by atoms with Gasteiger partial charge in [-0.2, -0.15) is 0 Å². The Balaban J connectivity index is 1.45. The molecule has 4 heteroatoms. The summed E-state index contributed by atoms with van der Waals surface area (Å²) in [5, 5.41) is 0.